The topological polar surface area (TPSA) is 108 Å². The summed E-state index contributed by atoms with van der Waals surface area (Å²) in [5.41, 5.74) is 0.495. The van der Waals surface area contributed by atoms with E-state index in [-0.39, 0.29) is 30.3 Å². The number of fused-ring (bicyclic) bond motifs is 1. The smallest absolute Gasteiger partial charge is 0.247 e. The van der Waals surface area contributed by atoms with E-state index < -0.39 is 0 Å². The highest BCUT2D eigenvalue weighted by molar-refractivity contribution is 6.05. The summed E-state index contributed by atoms with van der Waals surface area (Å²) in [4.78, 5) is 35.3. The number of amides is 2. The van der Waals surface area contributed by atoms with Gasteiger partial charge in [0.1, 0.15) is 17.6 Å². The molecule has 1 saturated heterocycles. The Labute approximate surface area is 152 Å². The number of hydrogen-bond acceptors (Lipinski definition) is 7. The number of aromatic nitrogens is 2. The molecular weight excluding hydrogens is 336 g/mol. The lowest BCUT2D eigenvalue weighted by Gasteiger charge is -2.31. The Morgan fingerprint density at radius 1 is 1.38 bits per heavy atom. The van der Waals surface area contributed by atoms with Crippen molar-refractivity contribution < 1.29 is 14.3 Å². The van der Waals surface area contributed by atoms with Crippen LogP contribution in [0.4, 0.5) is 17.3 Å². The van der Waals surface area contributed by atoms with Crippen LogP contribution in [0.5, 0.6) is 0 Å². The standard InChI is InChI=1S/C17H26N6O3/c1-4-10(2)13-17(25)22-14-15(19-11(3)20-16(14)21-13)18-9-12(24)23-5-7-26-8-6-23/h10,13H,4-9H2,1-3H3,(H,22,25)(H2,18,19,20,21). The van der Waals surface area contributed by atoms with E-state index in [0.717, 1.165) is 6.42 Å². The van der Waals surface area contributed by atoms with Gasteiger partial charge in [-0.3, -0.25) is 9.59 Å². The molecule has 0 aromatic carbocycles. The molecule has 1 aromatic rings. The normalized spacial score (nSPS) is 20.7. The zero-order valence-electron chi connectivity index (χ0n) is 15.5. The number of nitrogens with one attached hydrogen (secondary N) is 3. The van der Waals surface area contributed by atoms with Crippen LogP contribution in [0.1, 0.15) is 26.1 Å². The zero-order chi connectivity index (χ0) is 18.7. The van der Waals surface area contributed by atoms with Crippen LogP contribution in [-0.4, -0.2) is 65.6 Å². The van der Waals surface area contributed by atoms with Gasteiger partial charge in [0, 0.05) is 13.1 Å². The predicted molar refractivity (Wildman–Crippen MR) is 98.2 cm³/mol. The minimum absolute atomic E-state index is 0.0223. The van der Waals surface area contributed by atoms with Crippen molar-refractivity contribution in [2.75, 3.05) is 48.8 Å². The van der Waals surface area contributed by atoms with Crippen LogP contribution in [0.25, 0.3) is 0 Å². The molecule has 0 spiro atoms. The summed E-state index contributed by atoms with van der Waals surface area (Å²) in [6.45, 7) is 8.27. The average Bonchev–Trinajstić information content (AvgIpc) is 2.65. The van der Waals surface area contributed by atoms with E-state index in [1.54, 1.807) is 11.8 Å². The van der Waals surface area contributed by atoms with Crippen molar-refractivity contribution in [1.29, 1.82) is 0 Å². The summed E-state index contributed by atoms with van der Waals surface area (Å²) in [6, 6.07) is -0.329. The lowest BCUT2D eigenvalue weighted by Crippen LogP contribution is -2.44. The Morgan fingerprint density at radius 2 is 2.12 bits per heavy atom. The van der Waals surface area contributed by atoms with Crippen molar-refractivity contribution >= 4 is 29.1 Å². The molecule has 26 heavy (non-hydrogen) atoms. The fraction of sp³-hybridized carbons (Fsp3) is 0.647. The van der Waals surface area contributed by atoms with Crippen LogP contribution in [0.15, 0.2) is 0 Å². The van der Waals surface area contributed by atoms with E-state index in [0.29, 0.717) is 49.5 Å². The molecule has 0 bridgehead atoms. The van der Waals surface area contributed by atoms with E-state index in [9.17, 15) is 9.59 Å². The average molecular weight is 362 g/mol. The Hall–Kier alpha value is -2.42. The maximum Gasteiger partial charge on any atom is 0.247 e. The number of rotatable bonds is 5. The van der Waals surface area contributed by atoms with Gasteiger partial charge in [0.05, 0.1) is 19.8 Å². The number of nitrogens with zero attached hydrogens (tertiary/aromatic N) is 3. The maximum absolute atomic E-state index is 12.4. The Morgan fingerprint density at radius 3 is 2.81 bits per heavy atom. The van der Waals surface area contributed by atoms with E-state index >= 15 is 0 Å². The molecule has 1 fully saturated rings. The molecule has 2 unspecified atom stereocenters. The lowest BCUT2D eigenvalue weighted by atomic mass is 9.97. The fourth-order valence-corrected chi connectivity index (χ4v) is 3.06. The molecule has 2 amide bonds. The fourth-order valence-electron chi connectivity index (χ4n) is 3.06. The molecule has 3 rings (SSSR count). The summed E-state index contributed by atoms with van der Waals surface area (Å²) in [7, 11) is 0. The van der Waals surface area contributed by atoms with Crippen LogP contribution < -0.4 is 16.0 Å². The Kier molecular flexibility index (Phi) is 5.55. The van der Waals surface area contributed by atoms with Crippen LogP contribution >= 0.6 is 0 Å². The molecule has 2 atom stereocenters. The number of ether oxygens (including phenoxy) is 1. The van der Waals surface area contributed by atoms with Gasteiger partial charge in [0.15, 0.2) is 11.6 Å². The summed E-state index contributed by atoms with van der Waals surface area (Å²) in [5.74, 6) is 1.66. The highest BCUT2D eigenvalue weighted by Gasteiger charge is 2.32. The van der Waals surface area contributed by atoms with Gasteiger partial charge >= 0.3 is 0 Å². The molecule has 2 aliphatic rings. The van der Waals surface area contributed by atoms with Gasteiger partial charge in [-0.2, -0.15) is 0 Å². The van der Waals surface area contributed by atoms with Crippen molar-refractivity contribution in [2.45, 2.75) is 33.2 Å². The second-order valence-corrected chi connectivity index (χ2v) is 6.69. The molecule has 3 heterocycles. The van der Waals surface area contributed by atoms with E-state index in [1.807, 2.05) is 13.8 Å². The van der Waals surface area contributed by atoms with Crippen molar-refractivity contribution in [2.24, 2.45) is 5.92 Å². The van der Waals surface area contributed by atoms with Crippen LogP contribution in [0.2, 0.25) is 0 Å². The molecule has 0 saturated carbocycles. The summed E-state index contributed by atoms with van der Waals surface area (Å²) in [5, 5.41) is 9.16. The minimum Gasteiger partial charge on any atom is -0.378 e. The van der Waals surface area contributed by atoms with Gasteiger partial charge in [-0.1, -0.05) is 20.3 Å². The second-order valence-electron chi connectivity index (χ2n) is 6.69. The van der Waals surface area contributed by atoms with Crippen molar-refractivity contribution in [3.05, 3.63) is 5.82 Å². The third-order valence-electron chi connectivity index (χ3n) is 4.83. The Balaban J connectivity index is 1.74. The first-order valence-corrected chi connectivity index (χ1v) is 9.05. The molecule has 2 aliphatic heterocycles. The summed E-state index contributed by atoms with van der Waals surface area (Å²) >= 11 is 0. The highest BCUT2D eigenvalue weighted by Crippen LogP contribution is 2.33. The SMILES string of the molecule is CCC(C)C1Nc2nc(C)nc(NCC(=O)N3CCOCC3)c2NC1=O. The molecule has 9 nitrogen and oxygen atoms in total. The van der Waals surface area contributed by atoms with E-state index in [2.05, 4.69) is 25.9 Å². The summed E-state index contributed by atoms with van der Waals surface area (Å²) < 4.78 is 5.26. The number of aryl methyl sites for hydroxylation is 1. The zero-order valence-corrected chi connectivity index (χ0v) is 15.5. The van der Waals surface area contributed by atoms with Gasteiger partial charge in [-0.25, -0.2) is 9.97 Å². The van der Waals surface area contributed by atoms with Crippen LogP contribution in [0, 0.1) is 12.8 Å². The summed E-state index contributed by atoms with van der Waals surface area (Å²) in [6.07, 6.45) is 0.879. The maximum atomic E-state index is 12.4. The van der Waals surface area contributed by atoms with Gasteiger partial charge in [-0.15, -0.1) is 0 Å². The lowest BCUT2D eigenvalue weighted by molar-refractivity contribution is -0.133. The van der Waals surface area contributed by atoms with Crippen LogP contribution in [0.3, 0.4) is 0 Å². The quantitative estimate of drug-likeness (QED) is 0.712. The first-order chi connectivity index (χ1) is 12.5. The molecule has 9 heteroatoms. The Bertz CT molecular complexity index is 689. The first kappa shape index (κ1) is 18.4. The second kappa shape index (κ2) is 7.86. The largest absolute Gasteiger partial charge is 0.378 e. The molecule has 0 aliphatic carbocycles. The minimum atomic E-state index is -0.329. The van der Waals surface area contributed by atoms with Crippen molar-refractivity contribution in [3.8, 4) is 0 Å². The third kappa shape index (κ3) is 3.87. The van der Waals surface area contributed by atoms with Gasteiger partial charge in [-0.05, 0) is 12.8 Å². The number of morpholine rings is 1. The van der Waals surface area contributed by atoms with Gasteiger partial charge < -0.3 is 25.6 Å². The number of hydrogen-bond donors (Lipinski definition) is 3. The van der Waals surface area contributed by atoms with Gasteiger partial charge in [0.25, 0.3) is 0 Å². The van der Waals surface area contributed by atoms with E-state index in [4.69, 9.17) is 4.74 Å². The molecular formula is C17H26N6O3. The van der Waals surface area contributed by atoms with Gasteiger partial charge in [0.2, 0.25) is 11.8 Å². The molecule has 142 valence electrons. The molecule has 3 N–H and O–H groups in total. The van der Waals surface area contributed by atoms with Crippen LogP contribution in [-0.2, 0) is 14.3 Å². The van der Waals surface area contributed by atoms with E-state index in [1.165, 1.54) is 0 Å². The third-order valence-corrected chi connectivity index (χ3v) is 4.83. The molecule has 0 radical (unpaired) electrons. The number of carbonyl (C=O) groups excluding carboxylic acids is 2. The highest BCUT2D eigenvalue weighted by atomic mass is 16.5. The first-order valence-electron chi connectivity index (χ1n) is 9.05. The monoisotopic (exact) mass is 362 g/mol. The number of carbonyl (C=O) groups is 2. The number of anilines is 3. The van der Waals surface area contributed by atoms with Crippen molar-refractivity contribution in [1.82, 2.24) is 14.9 Å². The molecule has 1 aromatic heterocycles. The van der Waals surface area contributed by atoms with Crippen molar-refractivity contribution in [3.63, 3.8) is 0 Å². The predicted octanol–water partition coefficient (Wildman–Crippen LogP) is 0.834.